The molecule has 1 fully saturated rings. The van der Waals surface area contributed by atoms with Crippen LogP contribution in [0, 0.1) is 11.3 Å². The van der Waals surface area contributed by atoms with E-state index in [-0.39, 0.29) is 12.5 Å². The summed E-state index contributed by atoms with van der Waals surface area (Å²) in [5.74, 6) is -1.12. The zero-order valence-corrected chi connectivity index (χ0v) is 12.6. The van der Waals surface area contributed by atoms with Crippen LogP contribution in [0.1, 0.15) is 18.4 Å². The Morgan fingerprint density at radius 2 is 2.04 bits per heavy atom. The van der Waals surface area contributed by atoms with E-state index < -0.39 is 18.5 Å². The Hall–Kier alpha value is -2.88. The lowest BCUT2D eigenvalue weighted by molar-refractivity contribution is -0.150. The number of esters is 1. The predicted octanol–water partition coefficient (Wildman–Crippen LogP) is 0.857. The zero-order chi connectivity index (χ0) is 16.7. The number of nitrogens with one attached hydrogen (secondary N) is 1. The molecule has 0 aromatic heterocycles. The van der Waals surface area contributed by atoms with Gasteiger partial charge in [-0.1, -0.05) is 12.1 Å². The first-order chi connectivity index (χ1) is 11.1. The standard InChI is InChI=1S/C16H17N3O4/c17-8-7-12-3-5-13(6-4-12)18-14(20)11-23-16(22)10-19-9-1-2-15(19)21/h3-6H,1-2,7,9-11H2,(H,18,20). The Balaban J connectivity index is 1.73. The monoisotopic (exact) mass is 315 g/mol. The molecule has 2 rings (SSSR count). The number of amides is 2. The Kier molecular flexibility index (Phi) is 5.69. The van der Waals surface area contributed by atoms with E-state index in [1.165, 1.54) is 4.90 Å². The van der Waals surface area contributed by atoms with Crippen LogP contribution < -0.4 is 5.32 Å². The predicted molar refractivity (Wildman–Crippen MR) is 81.2 cm³/mol. The number of anilines is 1. The molecule has 0 saturated carbocycles. The Bertz CT molecular complexity index is 634. The minimum absolute atomic E-state index is 0.0659. The third kappa shape index (κ3) is 5.11. The summed E-state index contributed by atoms with van der Waals surface area (Å²) in [5, 5.41) is 11.2. The molecule has 1 aliphatic heterocycles. The van der Waals surface area contributed by atoms with Gasteiger partial charge in [0.2, 0.25) is 5.91 Å². The van der Waals surface area contributed by atoms with Crippen LogP contribution in [0.3, 0.4) is 0 Å². The molecule has 0 atom stereocenters. The van der Waals surface area contributed by atoms with E-state index >= 15 is 0 Å². The molecule has 0 aliphatic carbocycles. The first-order valence-corrected chi connectivity index (χ1v) is 7.27. The van der Waals surface area contributed by atoms with Crippen molar-refractivity contribution in [1.29, 1.82) is 5.26 Å². The quantitative estimate of drug-likeness (QED) is 0.785. The first kappa shape index (κ1) is 16.5. The Morgan fingerprint density at radius 1 is 1.30 bits per heavy atom. The summed E-state index contributed by atoms with van der Waals surface area (Å²) >= 11 is 0. The van der Waals surface area contributed by atoms with Crippen LogP contribution in [0.5, 0.6) is 0 Å². The summed E-state index contributed by atoms with van der Waals surface area (Å²) < 4.78 is 4.86. The molecule has 1 aromatic carbocycles. The molecule has 1 aliphatic rings. The van der Waals surface area contributed by atoms with Crippen LogP contribution in [0.15, 0.2) is 24.3 Å². The lowest BCUT2D eigenvalue weighted by atomic mass is 10.1. The van der Waals surface area contributed by atoms with E-state index in [0.29, 0.717) is 25.1 Å². The lowest BCUT2D eigenvalue weighted by Crippen LogP contribution is -2.33. The fourth-order valence-electron chi connectivity index (χ4n) is 2.21. The van der Waals surface area contributed by atoms with Crippen molar-refractivity contribution in [1.82, 2.24) is 4.90 Å². The maximum atomic E-state index is 11.7. The summed E-state index contributed by atoms with van der Waals surface area (Å²) in [6, 6.07) is 8.87. The highest BCUT2D eigenvalue weighted by Crippen LogP contribution is 2.10. The fraction of sp³-hybridized carbons (Fsp3) is 0.375. The Labute approximate surface area is 133 Å². The number of carbonyl (C=O) groups excluding carboxylic acids is 3. The van der Waals surface area contributed by atoms with Crippen LogP contribution in [-0.2, 0) is 25.5 Å². The van der Waals surface area contributed by atoms with Crippen LogP contribution in [0.2, 0.25) is 0 Å². The van der Waals surface area contributed by atoms with Crippen molar-refractivity contribution < 1.29 is 19.1 Å². The summed E-state index contributed by atoms with van der Waals surface area (Å²) in [6.45, 7) is 0.0327. The summed E-state index contributed by atoms with van der Waals surface area (Å²) in [6.07, 6.45) is 1.50. The van der Waals surface area contributed by atoms with Crippen molar-refractivity contribution in [2.45, 2.75) is 19.3 Å². The molecular formula is C16H17N3O4. The molecule has 23 heavy (non-hydrogen) atoms. The molecule has 0 spiro atoms. The molecule has 7 heteroatoms. The minimum Gasteiger partial charge on any atom is -0.454 e. The number of hydrogen-bond donors (Lipinski definition) is 1. The van der Waals surface area contributed by atoms with Crippen molar-refractivity contribution >= 4 is 23.5 Å². The van der Waals surface area contributed by atoms with Crippen LogP contribution in [0.25, 0.3) is 0 Å². The summed E-state index contributed by atoms with van der Waals surface area (Å²) in [7, 11) is 0. The molecule has 0 unspecified atom stereocenters. The molecular weight excluding hydrogens is 298 g/mol. The van der Waals surface area contributed by atoms with Crippen molar-refractivity contribution in [3.8, 4) is 6.07 Å². The van der Waals surface area contributed by atoms with Gasteiger partial charge in [0.05, 0.1) is 12.5 Å². The van der Waals surface area contributed by atoms with Crippen molar-refractivity contribution in [3.63, 3.8) is 0 Å². The number of carbonyl (C=O) groups is 3. The highest BCUT2D eigenvalue weighted by atomic mass is 16.5. The van der Waals surface area contributed by atoms with E-state index in [1.54, 1.807) is 24.3 Å². The topological polar surface area (TPSA) is 99.5 Å². The van der Waals surface area contributed by atoms with Crippen molar-refractivity contribution in [2.24, 2.45) is 0 Å². The van der Waals surface area contributed by atoms with E-state index in [2.05, 4.69) is 5.32 Å². The molecule has 1 saturated heterocycles. The number of nitriles is 1. The highest BCUT2D eigenvalue weighted by Gasteiger charge is 2.23. The molecule has 1 N–H and O–H groups in total. The molecule has 1 heterocycles. The maximum absolute atomic E-state index is 11.7. The van der Waals surface area contributed by atoms with Gasteiger partial charge in [-0.3, -0.25) is 14.4 Å². The molecule has 1 aromatic rings. The van der Waals surface area contributed by atoms with Gasteiger partial charge < -0.3 is 15.0 Å². The van der Waals surface area contributed by atoms with Crippen LogP contribution >= 0.6 is 0 Å². The number of benzene rings is 1. The van der Waals surface area contributed by atoms with E-state index in [0.717, 1.165) is 12.0 Å². The van der Waals surface area contributed by atoms with Gasteiger partial charge in [-0.25, -0.2) is 0 Å². The summed E-state index contributed by atoms with van der Waals surface area (Å²) in [4.78, 5) is 36.1. The van der Waals surface area contributed by atoms with E-state index in [9.17, 15) is 14.4 Å². The normalized spacial score (nSPS) is 13.5. The first-order valence-electron chi connectivity index (χ1n) is 7.27. The second-order valence-corrected chi connectivity index (χ2v) is 5.16. The molecule has 0 bridgehead atoms. The van der Waals surface area contributed by atoms with Gasteiger partial charge in [-0.2, -0.15) is 5.26 Å². The third-order valence-electron chi connectivity index (χ3n) is 3.38. The SMILES string of the molecule is N#CCc1ccc(NC(=O)COC(=O)CN2CCCC2=O)cc1. The molecule has 0 radical (unpaired) electrons. The fourth-order valence-corrected chi connectivity index (χ4v) is 2.21. The van der Waals surface area contributed by atoms with Crippen molar-refractivity contribution in [3.05, 3.63) is 29.8 Å². The number of ether oxygens (including phenoxy) is 1. The Morgan fingerprint density at radius 3 is 2.65 bits per heavy atom. The second-order valence-electron chi connectivity index (χ2n) is 5.16. The third-order valence-corrected chi connectivity index (χ3v) is 3.38. The van der Waals surface area contributed by atoms with E-state index in [4.69, 9.17) is 10.00 Å². The molecule has 2 amide bonds. The number of likely N-dealkylation sites (tertiary alicyclic amines) is 1. The highest BCUT2D eigenvalue weighted by molar-refractivity contribution is 5.93. The van der Waals surface area contributed by atoms with Crippen molar-refractivity contribution in [2.75, 3.05) is 25.0 Å². The van der Waals surface area contributed by atoms with Gasteiger partial charge in [-0.15, -0.1) is 0 Å². The molecule has 120 valence electrons. The van der Waals surface area contributed by atoms with Gasteiger partial charge in [0.15, 0.2) is 6.61 Å². The van der Waals surface area contributed by atoms with Gasteiger partial charge >= 0.3 is 5.97 Å². The minimum atomic E-state index is -0.597. The molecule has 7 nitrogen and oxygen atoms in total. The summed E-state index contributed by atoms with van der Waals surface area (Å²) in [5.41, 5.74) is 1.41. The van der Waals surface area contributed by atoms with Crippen LogP contribution in [-0.4, -0.2) is 42.4 Å². The zero-order valence-electron chi connectivity index (χ0n) is 12.6. The smallest absolute Gasteiger partial charge is 0.326 e. The average molecular weight is 315 g/mol. The second kappa shape index (κ2) is 7.94. The van der Waals surface area contributed by atoms with Crippen LogP contribution in [0.4, 0.5) is 5.69 Å². The average Bonchev–Trinajstić information content (AvgIpc) is 2.93. The van der Waals surface area contributed by atoms with Gasteiger partial charge in [0.25, 0.3) is 5.91 Å². The largest absolute Gasteiger partial charge is 0.454 e. The lowest BCUT2D eigenvalue weighted by Gasteiger charge is -2.14. The number of nitrogens with zero attached hydrogens (tertiary/aromatic N) is 2. The maximum Gasteiger partial charge on any atom is 0.326 e. The van der Waals surface area contributed by atoms with E-state index in [1.807, 2.05) is 6.07 Å². The van der Waals surface area contributed by atoms with Gasteiger partial charge in [-0.05, 0) is 24.1 Å². The number of hydrogen-bond acceptors (Lipinski definition) is 5. The van der Waals surface area contributed by atoms with Gasteiger partial charge in [0.1, 0.15) is 6.54 Å². The number of rotatable bonds is 6. The van der Waals surface area contributed by atoms with Gasteiger partial charge in [0, 0.05) is 18.7 Å².